The first kappa shape index (κ1) is 24.6. The molecule has 37 heavy (non-hydrogen) atoms. The minimum Gasteiger partial charge on any atom is -0.478 e. The molecule has 1 aromatic heterocycles. The molecule has 7 heteroatoms. The van der Waals surface area contributed by atoms with Gasteiger partial charge in [-0.05, 0) is 62.4 Å². The van der Waals surface area contributed by atoms with E-state index in [2.05, 4.69) is 41.0 Å². The van der Waals surface area contributed by atoms with Crippen molar-refractivity contribution in [3.05, 3.63) is 78.4 Å². The van der Waals surface area contributed by atoms with Gasteiger partial charge in [-0.1, -0.05) is 54.6 Å². The molecule has 0 radical (unpaired) electrons. The third-order valence-corrected chi connectivity index (χ3v) is 6.62. The fraction of sp³-hybridized carbons (Fsp3) is 0.300. The maximum atomic E-state index is 12.6. The van der Waals surface area contributed by atoms with Crippen LogP contribution >= 0.6 is 0 Å². The second-order valence-corrected chi connectivity index (χ2v) is 10.6. The molecule has 1 fully saturated rings. The highest BCUT2D eigenvalue weighted by Gasteiger charge is 2.31. The van der Waals surface area contributed by atoms with Gasteiger partial charge < -0.3 is 19.3 Å². The van der Waals surface area contributed by atoms with Crippen molar-refractivity contribution in [1.82, 2.24) is 14.5 Å². The molecule has 1 amide bonds. The summed E-state index contributed by atoms with van der Waals surface area (Å²) >= 11 is 0. The lowest BCUT2D eigenvalue weighted by molar-refractivity contribution is 0.0287. The topological polar surface area (TPSA) is 84.7 Å². The van der Waals surface area contributed by atoms with E-state index in [1.165, 1.54) is 0 Å². The lowest BCUT2D eigenvalue weighted by atomic mass is 10.0. The van der Waals surface area contributed by atoms with Crippen LogP contribution in [0, 0.1) is 5.92 Å². The van der Waals surface area contributed by atoms with Crippen molar-refractivity contribution in [2.24, 2.45) is 5.92 Å². The number of imidazole rings is 1. The van der Waals surface area contributed by atoms with Crippen LogP contribution in [0.1, 0.15) is 37.6 Å². The Labute approximate surface area is 216 Å². The van der Waals surface area contributed by atoms with E-state index in [1.54, 1.807) is 23.1 Å². The summed E-state index contributed by atoms with van der Waals surface area (Å²) < 4.78 is 7.66. The number of fused-ring (bicyclic) bond motifs is 1. The lowest BCUT2D eigenvalue weighted by Crippen LogP contribution is -2.35. The number of likely N-dealkylation sites (tertiary alicyclic amines) is 1. The number of hydrogen-bond acceptors (Lipinski definition) is 4. The quantitative estimate of drug-likeness (QED) is 0.348. The predicted molar refractivity (Wildman–Crippen MR) is 143 cm³/mol. The van der Waals surface area contributed by atoms with Gasteiger partial charge in [-0.25, -0.2) is 14.6 Å². The Hall–Kier alpha value is -4.13. The summed E-state index contributed by atoms with van der Waals surface area (Å²) in [5.74, 6) is 0.00833. The third kappa shape index (κ3) is 5.35. The molecule has 0 aliphatic carbocycles. The molecule has 2 heterocycles. The normalized spacial score (nSPS) is 15.8. The van der Waals surface area contributed by atoms with E-state index in [0.29, 0.717) is 19.6 Å². The minimum atomic E-state index is -0.972. The number of aromatic nitrogens is 2. The molecule has 0 bridgehead atoms. The SMILES string of the molecule is CC(C)(C)OC(=O)N1CCC(Cn2c(-c3ccc(-c4ccccc4)cc3)nc3ccc(C(=O)O)cc32)C1. The first-order valence-electron chi connectivity index (χ1n) is 12.6. The molecule has 7 nitrogen and oxygen atoms in total. The summed E-state index contributed by atoms with van der Waals surface area (Å²) in [6.45, 7) is 7.43. The van der Waals surface area contributed by atoms with Crippen LogP contribution in [0.25, 0.3) is 33.5 Å². The molecular formula is C30H31N3O4. The smallest absolute Gasteiger partial charge is 0.410 e. The summed E-state index contributed by atoms with van der Waals surface area (Å²) in [5.41, 5.74) is 4.41. The van der Waals surface area contributed by atoms with Crippen molar-refractivity contribution >= 4 is 23.1 Å². The molecule has 1 aliphatic rings. The monoisotopic (exact) mass is 497 g/mol. The third-order valence-electron chi connectivity index (χ3n) is 6.62. The van der Waals surface area contributed by atoms with E-state index in [1.807, 2.05) is 39.0 Å². The van der Waals surface area contributed by atoms with E-state index >= 15 is 0 Å². The summed E-state index contributed by atoms with van der Waals surface area (Å²) in [4.78, 5) is 30.9. The average molecular weight is 498 g/mol. The molecule has 5 rings (SSSR count). The zero-order chi connectivity index (χ0) is 26.2. The van der Waals surface area contributed by atoms with Crippen LogP contribution in [0.15, 0.2) is 72.8 Å². The number of aromatic carboxylic acids is 1. The van der Waals surface area contributed by atoms with E-state index < -0.39 is 11.6 Å². The Morgan fingerprint density at radius 3 is 2.32 bits per heavy atom. The molecule has 3 aromatic carbocycles. The van der Waals surface area contributed by atoms with Gasteiger partial charge in [0.05, 0.1) is 16.6 Å². The van der Waals surface area contributed by atoms with Crippen molar-refractivity contribution in [1.29, 1.82) is 0 Å². The molecule has 190 valence electrons. The highest BCUT2D eigenvalue weighted by Crippen LogP contribution is 2.31. The summed E-state index contributed by atoms with van der Waals surface area (Å²) in [5, 5.41) is 9.58. The van der Waals surface area contributed by atoms with Gasteiger partial charge >= 0.3 is 12.1 Å². The van der Waals surface area contributed by atoms with Gasteiger partial charge in [-0.15, -0.1) is 0 Å². The maximum Gasteiger partial charge on any atom is 0.410 e. The highest BCUT2D eigenvalue weighted by molar-refractivity contribution is 5.93. The number of carboxylic acids is 1. The summed E-state index contributed by atoms with van der Waals surface area (Å²) in [6, 6.07) is 23.5. The van der Waals surface area contributed by atoms with Gasteiger partial charge in [0.2, 0.25) is 0 Å². The number of rotatable bonds is 5. The number of carbonyl (C=O) groups is 2. The van der Waals surface area contributed by atoms with Crippen LogP contribution in [0.2, 0.25) is 0 Å². The van der Waals surface area contributed by atoms with E-state index in [9.17, 15) is 14.7 Å². The minimum absolute atomic E-state index is 0.195. The van der Waals surface area contributed by atoms with Gasteiger partial charge in [-0.2, -0.15) is 0 Å². The average Bonchev–Trinajstić information content (AvgIpc) is 3.49. The van der Waals surface area contributed by atoms with Crippen LogP contribution in [0.3, 0.4) is 0 Å². The summed E-state index contributed by atoms with van der Waals surface area (Å²) in [6.07, 6.45) is 0.541. The Kier molecular flexibility index (Phi) is 6.46. The van der Waals surface area contributed by atoms with Crippen molar-refractivity contribution in [2.45, 2.75) is 39.3 Å². The van der Waals surface area contributed by atoms with E-state index in [4.69, 9.17) is 9.72 Å². The lowest BCUT2D eigenvalue weighted by Gasteiger charge is -2.24. The van der Waals surface area contributed by atoms with Crippen molar-refractivity contribution in [2.75, 3.05) is 13.1 Å². The first-order chi connectivity index (χ1) is 17.7. The number of hydrogen-bond donors (Lipinski definition) is 1. The fourth-order valence-corrected chi connectivity index (χ4v) is 4.84. The Morgan fingerprint density at radius 2 is 1.65 bits per heavy atom. The Morgan fingerprint density at radius 1 is 0.973 bits per heavy atom. The molecule has 0 saturated carbocycles. The molecule has 1 atom stereocenters. The molecular weight excluding hydrogens is 466 g/mol. The van der Waals surface area contributed by atoms with Crippen molar-refractivity contribution in [3.8, 4) is 22.5 Å². The van der Waals surface area contributed by atoms with Crippen LogP contribution in [0.4, 0.5) is 4.79 Å². The molecule has 1 saturated heterocycles. The second-order valence-electron chi connectivity index (χ2n) is 10.6. The zero-order valence-corrected chi connectivity index (χ0v) is 21.3. The largest absolute Gasteiger partial charge is 0.478 e. The number of amides is 1. The van der Waals surface area contributed by atoms with Gasteiger partial charge in [0.25, 0.3) is 0 Å². The highest BCUT2D eigenvalue weighted by atomic mass is 16.6. The van der Waals surface area contributed by atoms with E-state index in [0.717, 1.165) is 40.0 Å². The molecule has 1 aliphatic heterocycles. The van der Waals surface area contributed by atoms with Gasteiger partial charge in [0.1, 0.15) is 11.4 Å². The maximum absolute atomic E-state index is 12.6. The fourth-order valence-electron chi connectivity index (χ4n) is 4.84. The van der Waals surface area contributed by atoms with Gasteiger partial charge in [0.15, 0.2) is 0 Å². The number of ether oxygens (including phenoxy) is 1. The zero-order valence-electron chi connectivity index (χ0n) is 21.3. The van der Waals surface area contributed by atoms with Crippen LogP contribution in [-0.4, -0.2) is 50.3 Å². The number of carboxylic acid groups (broad SMARTS) is 1. The van der Waals surface area contributed by atoms with Gasteiger partial charge in [0, 0.05) is 25.2 Å². The van der Waals surface area contributed by atoms with E-state index in [-0.39, 0.29) is 17.6 Å². The van der Waals surface area contributed by atoms with Crippen LogP contribution in [0.5, 0.6) is 0 Å². The van der Waals surface area contributed by atoms with Gasteiger partial charge in [-0.3, -0.25) is 0 Å². The van der Waals surface area contributed by atoms with Crippen LogP contribution < -0.4 is 0 Å². The molecule has 4 aromatic rings. The predicted octanol–water partition coefficient (Wildman–Crippen LogP) is 6.33. The Balaban J connectivity index is 1.47. The Bertz CT molecular complexity index is 1440. The van der Waals surface area contributed by atoms with Crippen molar-refractivity contribution in [3.63, 3.8) is 0 Å². The molecule has 1 N–H and O–H groups in total. The second kappa shape index (κ2) is 9.73. The molecule has 1 unspecified atom stereocenters. The molecule has 0 spiro atoms. The standard InChI is InChI=1S/C30H31N3O4/c1-30(2,3)37-29(36)32-16-15-20(18-32)19-33-26-17-24(28(34)35)13-14-25(26)31-27(33)23-11-9-22(10-12-23)21-7-5-4-6-8-21/h4-14,17,20H,15-16,18-19H2,1-3H3,(H,34,35). The first-order valence-corrected chi connectivity index (χ1v) is 12.6. The van der Waals surface area contributed by atoms with Crippen molar-refractivity contribution < 1.29 is 19.4 Å². The van der Waals surface area contributed by atoms with Crippen LogP contribution in [-0.2, 0) is 11.3 Å². The number of benzene rings is 3. The number of carbonyl (C=O) groups excluding carboxylic acids is 1. The summed E-state index contributed by atoms with van der Waals surface area (Å²) in [7, 11) is 0. The number of nitrogens with zero attached hydrogens (tertiary/aromatic N) is 3.